The monoisotopic (exact) mass is 382 g/mol. The highest BCUT2D eigenvalue weighted by Gasteiger charge is 2.39. The van der Waals surface area contributed by atoms with Gasteiger partial charge in [-0.25, -0.2) is 0 Å². The predicted octanol–water partition coefficient (Wildman–Crippen LogP) is 2.77. The fraction of sp³-hybridized carbons (Fsp3) is 0.391. The fourth-order valence-electron chi connectivity index (χ4n) is 3.44. The van der Waals surface area contributed by atoms with Gasteiger partial charge in [-0.2, -0.15) is 0 Å². The number of nitrogens with one attached hydrogen (secondary N) is 2. The lowest BCUT2D eigenvalue weighted by Gasteiger charge is -2.35. The molecule has 0 fully saturated rings. The van der Waals surface area contributed by atoms with E-state index in [4.69, 9.17) is 0 Å². The lowest BCUT2D eigenvalue weighted by atomic mass is 9.80. The second-order valence-corrected chi connectivity index (χ2v) is 6.96. The standard InChI is InChI=1S/C23H30N2O3/c1-4-12-20(24-5-2)21(26)22(27)25-17(3)23(28,18-13-8-6-9-14-18)19-15-10-7-11-16-19/h6-11,13-17,20,24,28H,4-5,12H2,1-3H3,(H,25,27). The number of hydrogen-bond donors (Lipinski definition) is 3. The van der Waals surface area contributed by atoms with E-state index in [1.54, 1.807) is 6.92 Å². The third kappa shape index (κ3) is 4.86. The molecule has 2 atom stereocenters. The Balaban J connectivity index is 2.30. The molecule has 2 aromatic carbocycles. The van der Waals surface area contributed by atoms with Gasteiger partial charge in [0.1, 0.15) is 5.60 Å². The van der Waals surface area contributed by atoms with Crippen LogP contribution in [0.1, 0.15) is 44.7 Å². The lowest BCUT2D eigenvalue weighted by Crippen LogP contribution is -2.54. The number of amides is 1. The van der Waals surface area contributed by atoms with Gasteiger partial charge in [-0.1, -0.05) is 80.9 Å². The summed E-state index contributed by atoms with van der Waals surface area (Å²) in [6.45, 7) is 6.20. The molecule has 28 heavy (non-hydrogen) atoms. The Morgan fingerprint density at radius 2 is 1.46 bits per heavy atom. The topological polar surface area (TPSA) is 78.4 Å². The van der Waals surface area contributed by atoms with Crippen molar-refractivity contribution in [2.45, 2.75) is 51.3 Å². The Kier molecular flexibility index (Phi) is 7.91. The Labute approximate surface area is 167 Å². The molecule has 0 heterocycles. The summed E-state index contributed by atoms with van der Waals surface area (Å²) in [5.74, 6) is -1.18. The molecule has 0 aliphatic heterocycles. The van der Waals surface area contributed by atoms with Crippen LogP contribution < -0.4 is 10.6 Å². The van der Waals surface area contributed by atoms with Crippen molar-refractivity contribution < 1.29 is 14.7 Å². The highest BCUT2D eigenvalue weighted by molar-refractivity contribution is 6.38. The molecule has 0 aromatic heterocycles. The molecule has 5 heteroatoms. The fourth-order valence-corrected chi connectivity index (χ4v) is 3.44. The molecule has 0 bridgehead atoms. The van der Waals surface area contributed by atoms with Crippen LogP contribution in [0.15, 0.2) is 60.7 Å². The van der Waals surface area contributed by atoms with Gasteiger partial charge in [-0.15, -0.1) is 0 Å². The summed E-state index contributed by atoms with van der Waals surface area (Å²) in [5.41, 5.74) is -0.159. The van der Waals surface area contributed by atoms with Crippen molar-refractivity contribution >= 4 is 11.7 Å². The van der Waals surface area contributed by atoms with E-state index in [0.29, 0.717) is 24.1 Å². The van der Waals surface area contributed by atoms with Crippen LogP contribution in [0, 0.1) is 0 Å². The highest BCUT2D eigenvalue weighted by atomic mass is 16.3. The zero-order valence-corrected chi connectivity index (χ0v) is 16.8. The molecular formula is C23H30N2O3. The molecule has 0 radical (unpaired) electrons. The Morgan fingerprint density at radius 1 is 0.964 bits per heavy atom. The van der Waals surface area contributed by atoms with Crippen LogP contribution in [0.5, 0.6) is 0 Å². The van der Waals surface area contributed by atoms with Crippen LogP contribution in [0.4, 0.5) is 0 Å². The smallest absolute Gasteiger partial charge is 0.289 e. The van der Waals surface area contributed by atoms with E-state index >= 15 is 0 Å². The van der Waals surface area contributed by atoms with E-state index in [1.807, 2.05) is 74.5 Å². The number of aliphatic hydroxyl groups is 1. The third-order valence-corrected chi connectivity index (χ3v) is 4.97. The molecule has 150 valence electrons. The van der Waals surface area contributed by atoms with Crippen LogP contribution in [0.2, 0.25) is 0 Å². The number of ketones is 1. The quantitative estimate of drug-likeness (QED) is 0.552. The van der Waals surface area contributed by atoms with Gasteiger partial charge in [0.25, 0.3) is 5.91 Å². The number of Topliss-reactive ketones (excluding diaryl/α,β-unsaturated/α-hetero) is 1. The second-order valence-electron chi connectivity index (χ2n) is 6.96. The molecule has 2 aromatic rings. The van der Waals surface area contributed by atoms with E-state index in [2.05, 4.69) is 10.6 Å². The molecule has 0 aliphatic carbocycles. The first kappa shape index (κ1) is 21.8. The SMILES string of the molecule is CCCC(NCC)C(=O)C(=O)NC(C)C(O)(c1ccccc1)c1ccccc1. The van der Waals surface area contributed by atoms with Crippen molar-refractivity contribution in [1.82, 2.24) is 10.6 Å². The molecule has 5 nitrogen and oxygen atoms in total. The average Bonchev–Trinajstić information content (AvgIpc) is 2.73. The zero-order chi connectivity index (χ0) is 20.6. The summed E-state index contributed by atoms with van der Waals surface area (Å²) in [6.07, 6.45) is 1.39. The van der Waals surface area contributed by atoms with Crippen LogP contribution in [-0.4, -0.2) is 35.4 Å². The Hall–Kier alpha value is -2.50. The van der Waals surface area contributed by atoms with E-state index < -0.39 is 29.4 Å². The maximum absolute atomic E-state index is 12.6. The molecule has 0 aliphatic rings. The number of benzene rings is 2. The first-order valence-electron chi connectivity index (χ1n) is 9.86. The van der Waals surface area contributed by atoms with Gasteiger partial charge < -0.3 is 15.7 Å². The minimum atomic E-state index is -1.46. The van der Waals surface area contributed by atoms with Crippen molar-refractivity contribution in [1.29, 1.82) is 0 Å². The summed E-state index contributed by atoms with van der Waals surface area (Å²) < 4.78 is 0. The van der Waals surface area contributed by atoms with E-state index in [0.717, 1.165) is 6.42 Å². The number of hydrogen-bond acceptors (Lipinski definition) is 4. The van der Waals surface area contributed by atoms with Gasteiger partial charge in [0.2, 0.25) is 5.78 Å². The number of carbonyl (C=O) groups is 2. The summed E-state index contributed by atoms with van der Waals surface area (Å²) >= 11 is 0. The zero-order valence-electron chi connectivity index (χ0n) is 16.8. The minimum absolute atomic E-state index is 0.501. The summed E-state index contributed by atoms with van der Waals surface area (Å²) in [4.78, 5) is 25.2. The Morgan fingerprint density at radius 3 is 1.89 bits per heavy atom. The highest BCUT2D eigenvalue weighted by Crippen LogP contribution is 2.33. The third-order valence-electron chi connectivity index (χ3n) is 4.97. The predicted molar refractivity (Wildman–Crippen MR) is 111 cm³/mol. The Bertz CT molecular complexity index is 716. The lowest BCUT2D eigenvalue weighted by molar-refractivity contribution is -0.140. The van der Waals surface area contributed by atoms with Crippen LogP contribution >= 0.6 is 0 Å². The van der Waals surface area contributed by atoms with Crippen molar-refractivity contribution in [3.8, 4) is 0 Å². The first-order valence-corrected chi connectivity index (χ1v) is 9.86. The van der Waals surface area contributed by atoms with Crippen molar-refractivity contribution in [2.75, 3.05) is 6.54 Å². The van der Waals surface area contributed by atoms with Gasteiger partial charge in [0.15, 0.2) is 0 Å². The molecule has 2 rings (SSSR count). The molecule has 3 N–H and O–H groups in total. The van der Waals surface area contributed by atoms with Crippen LogP contribution in [0.3, 0.4) is 0 Å². The molecule has 0 saturated heterocycles. The molecular weight excluding hydrogens is 352 g/mol. The van der Waals surface area contributed by atoms with Crippen molar-refractivity contribution in [3.05, 3.63) is 71.8 Å². The first-order chi connectivity index (χ1) is 13.4. The summed E-state index contributed by atoms with van der Waals surface area (Å²) in [5, 5.41) is 17.5. The summed E-state index contributed by atoms with van der Waals surface area (Å²) in [6, 6.07) is 17.1. The minimum Gasteiger partial charge on any atom is -0.378 e. The van der Waals surface area contributed by atoms with Gasteiger partial charge in [-0.05, 0) is 31.0 Å². The van der Waals surface area contributed by atoms with Gasteiger partial charge in [-0.3, -0.25) is 9.59 Å². The van der Waals surface area contributed by atoms with E-state index in [9.17, 15) is 14.7 Å². The average molecular weight is 383 g/mol. The number of rotatable bonds is 10. The number of likely N-dealkylation sites (N-methyl/N-ethyl adjacent to an activating group) is 1. The molecule has 2 unspecified atom stereocenters. The normalized spacial score (nSPS) is 13.6. The molecule has 0 spiro atoms. The second kappa shape index (κ2) is 10.2. The van der Waals surface area contributed by atoms with Gasteiger partial charge in [0.05, 0.1) is 12.1 Å². The molecule has 0 saturated carbocycles. The van der Waals surface area contributed by atoms with Gasteiger partial charge in [0, 0.05) is 0 Å². The van der Waals surface area contributed by atoms with Crippen LogP contribution in [-0.2, 0) is 15.2 Å². The van der Waals surface area contributed by atoms with E-state index in [-0.39, 0.29) is 0 Å². The maximum Gasteiger partial charge on any atom is 0.289 e. The van der Waals surface area contributed by atoms with E-state index in [1.165, 1.54) is 0 Å². The maximum atomic E-state index is 12.6. The van der Waals surface area contributed by atoms with Gasteiger partial charge >= 0.3 is 0 Å². The van der Waals surface area contributed by atoms with Crippen molar-refractivity contribution in [2.24, 2.45) is 0 Å². The van der Waals surface area contributed by atoms with Crippen molar-refractivity contribution in [3.63, 3.8) is 0 Å². The summed E-state index contributed by atoms with van der Waals surface area (Å²) in [7, 11) is 0. The number of carbonyl (C=O) groups excluding carboxylic acids is 2. The van der Waals surface area contributed by atoms with Crippen LogP contribution in [0.25, 0.3) is 0 Å². The molecule has 1 amide bonds. The largest absolute Gasteiger partial charge is 0.378 e.